The van der Waals surface area contributed by atoms with Crippen LogP contribution >= 0.6 is 0 Å². The van der Waals surface area contributed by atoms with Crippen molar-refractivity contribution in [1.29, 1.82) is 0 Å². The van der Waals surface area contributed by atoms with Crippen LogP contribution in [0.25, 0.3) is 0 Å². The van der Waals surface area contributed by atoms with Gasteiger partial charge >= 0.3 is 0 Å². The Bertz CT molecular complexity index is 1440. The van der Waals surface area contributed by atoms with E-state index in [0.29, 0.717) is 17.7 Å². The van der Waals surface area contributed by atoms with Crippen molar-refractivity contribution in [3.05, 3.63) is 94.8 Å². The fourth-order valence-corrected chi connectivity index (χ4v) is 5.49. The van der Waals surface area contributed by atoms with Crippen molar-refractivity contribution in [2.24, 2.45) is 0 Å². The van der Waals surface area contributed by atoms with Crippen LogP contribution in [0.4, 0.5) is 10.1 Å². The zero-order valence-electron chi connectivity index (χ0n) is 23.9. The zero-order valence-corrected chi connectivity index (χ0v) is 24.8. The van der Waals surface area contributed by atoms with Crippen LogP contribution < -0.4 is 9.62 Å². The third-order valence-corrected chi connectivity index (χ3v) is 8.89. The number of hydrogen-bond donors (Lipinski definition) is 1. The highest BCUT2D eigenvalue weighted by Crippen LogP contribution is 2.27. The van der Waals surface area contributed by atoms with E-state index in [-0.39, 0.29) is 23.4 Å². The predicted octanol–water partition coefficient (Wildman–Crippen LogP) is 5.28. The maximum Gasteiger partial charge on any atom is 0.264 e. The van der Waals surface area contributed by atoms with Crippen LogP contribution in [-0.4, -0.2) is 43.8 Å². The lowest BCUT2D eigenvalue weighted by Gasteiger charge is -2.32. The molecule has 0 fully saturated rings. The highest BCUT2D eigenvalue weighted by atomic mass is 32.2. The first-order valence-electron chi connectivity index (χ1n) is 13.3. The number of amides is 2. The summed E-state index contributed by atoms with van der Waals surface area (Å²) in [4.78, 5) is 28.4. The van der Waals surface area contributed by atoms with Gasteiger partial charge in [0.05, 0.1) is 10.6 Å². The normalized spacial score (nSPS) is 12.9. The van der Waals surface area contributed by atoms with Gasteiger partial charge in [-0.2, -0.15) is 0 Å². The van der Waals surface area contributed by atoms with Crippen LogP contribution in [0.5, 0.6) is 0 Å². The van der Waals surface area contributed by atoms with E-state index in [1.807, 2.05) is 40.7 Å². The Morgan fingerprint density at radius 2 is 1.52 bits per heavy atom. The molecule has 0 saturated heterocycles. The number of sulfonamides is 1. The van der Waals surface area contributed by atoms with Gasteiger partial charge in [0.1, 0.15) is 18.4 Å². The van der Waals surface area contributed by atoms with Gasteiger partial charge in [-0.25, -0.2) is 12.8 Å². The number of halogens is 1. The molecule has 7 nitrogen and oxygen atoms in total. The van der Waals surface area contributed by atoms with E-state index >= 15 is 0 Å². The average molecular weight is 568 g/mol. The van der Waals surface area contributed by atoms with Crippen molar-refractivity contribution >= 4 is 27.5 Å². The first kappa shape index (κ1) is 30.8. The molecule has 0 bridgehead atoms. The molecule has 0 unspecified atom stereocenters. The molecule has 0 radical (unpaired) electrons. The van der Waals surface area contributed by atoms with Crippen molar-refractivity contribution in [3.63, 3.8) is 0 Å². The minimum Gasteiger partial charge on any atom is -0.352 e. The molecule has 2 atom stereocenters. The monoisotopic (exact) mass is 567 g/mol. The van der Waals surface area contributed by atoms with Crippen LogP contribution in [0.2, 0.25) is 0 Å². The Hall–Kier alpha value is -3.72. The molecule has 214 valence electrons. The number of benzene rings is 3. The molecular weight excluding hydrogens is 529 g/mol. The van der Waals surface area contributed by atoms with Crippen LogP contribution in [-0.2, 0) is 26.2 Å². The fourth-order valence-electron chi connectivity index (χ4n) is 4.08. The van der Waals surface area contributed by atoms with E-state index in [9.17, 15) is 22.4 Å². The smallest absolute Gasteiger partial charge is 0.264 e. The van der Waals surface area contributed by atoms with E-state index in [1.165, 1.54) is 29.2 Å². The van der Waals surface area contributed by atoms with Gasteiger partial charge < -0.3 is 10.2 Å². The van der Waals surface area contributed by atoms with Crippen LogP contribution in [0, 0.1) is 26.6 Å². The molecule has 0 aliphatic carbocycles. The number of rotatable bonds is 11. The molecule has 1 N–H and O–H groups in total. The maximum atomic E-state index is 13.9. The second kappa shape index (κ2) is 13.1. The highest BCUT2D eigenvalue weighted by Gasteiger charge is 2.33. The summed E-state index contributed by atoms with van der Waals surface area (Å²) in [5, 5.41) is 2.89. The van der Waals surface area contributed by atoms with Gasteiger partial charge in [-0.05, 0) is 94.1 Å². The summed E-state index contributed by atoms with van der Waals surface area (Å²) >= 11 is 0. The molecule has 0 aliphatic rings. The van der Waals surface area contributed by atoms with Gasteiger partial charge in [-0.3, -0.25) is 13.9 Å². The van der Waals surface area contributed by atoms with Gasteiger partial charge in [-0.15, -0.1) is 0 Å². The summed E-state index contributed by atoms with van der Waals surface area (Å²) < 4.78 is 42.5. The second-order valence-electron chi connectivity index (χ2n) is 10.2. The van der Waals surface area contributed by atoms with Crippen molar-refractivity contribution < 1.29 is 22.4 Å². The Kier molecular flexibility index (Phi) is 10.1. The molecule has 3 aromatic carbocycles. The molecule has 3 aromatic rings. The number of hydrogen-bond acceptors (Lipinski definition) is 4. The zero-order chi connectivity index (χ0) is 29.6. The van der Waals surface area contributed by atoms with Crippen molar-refractivity contribution in [3.8, 4) is 0 Å². The second-order valence-corrected chi connectivity index (χ2v) is 12.1. The van der Waals surface area contributed by atoms with Gasteiger partial charge in [0.2, 0.25) is 11.8 Å². The van der Waals surface area contributed by atoms with Crippen LogP contribution in [0.1, 0.15) is 49.4 Å². The lowest BCUT2D eigenvalue weighted by atomic mass is 10.1. The molecule has 0 heterocycles. The van der Waals surface area contributed by atoms with Crippen LogP contribution in [0.15, 0.2) is 71.6 Å². The third-order valence-electron chi connectivity index (χ3n) is 7.10. The number of anilines is 1. The quantitative estimate of drug-likeness (QED) is 0.342. The molecular formula is C31H38FN3O4S. The van der Waals surface area contributed by atoms with E-state index in [0.717, 1.165) is 21.0 Å². The lowest BCUT2D eigenvalue weighted by molar-refractivity contribution is -0.139. The fraction of sp³-hybridized carbons (Fsp3) is 0.355. The van der Waals surface area contributed by atoms with E-state index < -0.39 is 34.3 Å². The van der Waals surface area contributed by atoms with E-state index in [1.54, 1.807) is 43.3 Å². The molecule has 40 heavy (non-hydrogen) atoms. The van der Waals surface area contributed by atoms with Gasteiger partial charge in [0.15, 0.2) is 0 Å². The van der Waals surface area contributed by atoms with Crippen LogP contribution in [0.3, 0.4) is 0 Å². The topological polar surface area (TPSA) is 86.8 Å². The van der Waals surface area contributed by atoms with Gasteiger partial charge in [0, 0.05) is 12.6 Å². The molecule has 0 saturated carbocycles. The Morgan fingerprint density at radius 1 is 0.900 bits per heavy atom. The Labute approximate surface area is 237 Å². The number of carbonyl (C=O) groups excluding carboxylic acids is 2. The Balaban J connectivity index is 2.04. The summed E-state index contributed by atoms with van der Waals surface area (Å²) in [6.45, 7) is 10.5. The molecule has 0 spiro atoms. The van der Waals surface area contributed by atoms with Crippen molar-refractivity contribution in [1.82, 2.24) is 10.2 Å². The maximum absolute atomic E-state index is 13.9. The highest BCUT2D eigenvalue weighted by molar-refractivity contribution is 7.92. The first-order chi connectivity index (χ1) is 18.8. The summed E-state index contributed by atoms with van der Waals surface area (Å²) in [6, 6.07) is 16.3. The average Bonchev–Trinajstić information content (AvgIpc) is 2.92. The minimum absolute atomic E-state index is 0.000446. The largest absolute Gasteiger partial charge is 0.352 e. The number of carbonyl (C=O) groups is 2. The van der Waals surface area contributed by atoms with Gasteiger partial charge in [-0.1, -0.05) is 42.8 Å². The molecule has 2 amide bonds. The third kappa shape index (κ3) is 7.47. The number of nitrogens with zero attached hydrogens (tertiary/aromatic N) is 2. The lowest BCUT2D eigenvalue weighted by Crippen LogP contribution is -2.52. The number of nitrogens with one attached hydrogen (secondary N) is 1. The Morgan fingerprint density at radius 3 is 2.10 bits per heavy atom. The first-order valence-corrected chi connectivity index (χ1v) is 14.8. The summed E-state index contributed by atoms with van der Waals surface area (Å²) in [6.07, 6.45) is 0.708. The molecule has 3 rings (SSSR count). The number of aryl methyl sites for hydroxylation is 3. The van der Waals surface area contributed by atoms with E-state index in [4.69, 9.17) is 0 Å². The summed E-state index contributed by atoms with van der Waals surface area (Å²) in [7, 11) is -4.14. The van der Waals surface area contributed by atoms with E-state index in [2.05, 4.69) is 5.32 Å². The molecule has 9 heteroatoms. The van der Waals surface area contributed by atoms with Crippen molar-refractivity contribution in [2.45, 2.75) is 71.5 Å². The minimum atomic E-state index is -4.14. The predicted molar refractivity (Wildman–Crippen MR) is 156 cm³/mol. The molecule has 0 aromatic heterocycles. The summed E-state index contributed by atoms with van der Waals surface area (Å²) in [5.41, 5.74) is 3.71. The standard InChI is InChI=1S/C31H38FN3O4S/c1-7-24(5)33-31(37)25(6)34(19-26-11-13-27(32)14-12-26)30(36)20-35(28-15-10-22(3)23(4)18-28)40(38,39)29-16-8-21(2)9-17-29/h8-18,24-25H,7,19-20H2,1-6H3,(H,33,37)/t24-,25+/m1/s1. The SMILES string of the molecule is CC[C@@H](C)NC(=O)[C@H](C)N(Cc1ccc(F)cc1)C(=O)CN(c1ccc(C)c(C)c1)S(=O)(=O)c1ccc(C)cc1. The molecule has 0 aliphatic heterocycles. The van der Waals surface area contributed by atoms with Gasteiger partial charge in [0.25, 0.3) is 10.0 Å². The van der Waals surface area contributed by atoms with Crippen molar-refractivity contribution in [2.75, 3.05) is 10.8 Å². The summed E-state index contributed by atoms with van der Waals surface area (Å²) in [5.74, 6) is -1.34.